The van der Waals surface area contributed by atoms with E-state index in [1.165, 1.54) is 0 Å². The zero-order valence-electron chi connectivity index (χ0n) is 17.6. The maximum atomic E-state index is 11.3. The largest absolute Gasteiger partial charge is 0.383 e. The van der Waals surface area contributed by atoms with E-state index in [0.717, 1.165) is 53.3 Å². The van der Waals surface area contributed by atoms with Gasteiger partial charge in [-0.25, -0.2) is 9.67 Å². The van der Waals surface area contributed by atoms with Crippen molar-refractivity contribution < 1.29 is 5.11 Å². The predicted molar refractivity (Wildman–Crippen MR) is 120 cm³/mol. The predicted octanol–water partition coefficient (Wildman–Crippen LogP) is 4.42. The van der Waals surface area contributed by atoms with Crippen LogP contribution in [-0.2, 0) is 12.1 Å². The van der Waals surface area contributed by atoms with E-state index < -0.39 is 5.60 Å². The van der Waals surface area contributed by atoms with Crippen molar-refractivity contribution in [3.63, 3.8) is 0 Å². The molecule has 2 aromatic heterocycles. The van der Waals surface area contributed by atoms with E-state index >= 15 is 0 Å². The lowest BCUT2D eigenvalue weighted by atomic mass is 9.89. The molecule has 6 nitrogen and oxygen atoms in total. The summed E-state index contributed by atoms with van der Waals surface area (Å²) in [7, 11) is 0. The van der Waals surface area contributed by atoms with Crippen LogP contribution >= 0.6 is 0 Å². The van der Waals surface area contributed by atoms with Gasteiger partial charge in [-0.05, 0) is 66.3 Å². The van der Waals surface area contributed by atoms with Crippen LogP contribution in [0.4, 0.5) is 0 Å². The number of aliphatic hydroxyl groups is 1. The van der Waals surface area contributed by atoms with Gasteiger partial charge in [0.1, 0.15) is 23.1 Å². The summed E-state index contributed by atoms with van der Waals surface area (Å²) in [6.07, 6.45) is 6.18. The van der Waals surface area contributed by atoms with Crippen LogP contribution in [0.3, 0.4) is 0 Å². The molecule has 2 saturated carbocycles. The Bertz CT molecular complexity index is 1330. The second-order valence-electron chi connectivity index (χ2n) is 9.06. The van der Waals surface area contributed by atoms with E-state index in [0.29, 0.717) is 29.8 Å². The summed E-state index contributed by atoms with van der Waals surface area (Å²) in [6, 6.07) is 20.2. The number of nitrogens with zero attached hydrogens (tertiary/aromatic N) is 5. The Morgan fingerprint density at radius 1 is 1.03 bits per heavy atom. The first-order valence-corrected chi connectivity index (χ1v) is 11.2. The van der Waals surface area contributed by atoms with Gasteiger partial charge in [0.05, 0.1) is 18.3 Å². The molecular formula is C26H23N5O. The monoisotopic (exact) mass is 421 g/mol. The van der Waals surface area contributed by atoms with E-state index in [-0.39, 0.29) is 0 Å². The summed E-state index contributed by atoms with van der Waals surface area (Å²) in [6.45, 7) is 0.535. The third-order valence-corrected chi connectivity index (χ3v) is 6.77. The van der Waals surface area contributed by atoms with Crippen LogP contribution in [0.1, 0.15) is 42.6 Å². The molecule has 0 atom stereocenters. The van der Waals surface area contributed by atoms with E-state index in [1.54, 1.807) is 4.68 Å². The number of aromatic nitrogens is 4. The highest BCUT2D eigenvalue weighted by atomic mass is 16.3. The molecule has 0 radical (unpaired) electrons. The molecule has 32 heavy (non-hydrogen) atoms. The number of hydrogen-bond acceptors (Lipinski definition) is 5. The number of nitriles is 1. The summed E-state index contributed by atoms with van der Waals surface area (Å²) < 4.78 is 1.79. The lowest BCUT2D eigenvalue weighted by molar-refractivity contribution is -0.0144. The highest BCUT2D eigenvalue weighted by Crippen LogP contribution is 2.56. The average molecular weight is 422 g/mol. The van der Waals surface area contributed by atoms with Gasteiger partial charge in [-0.1, -0.05) is 47.7 Å². The van der Waals surface area contributed by atoms with Crippen molar-refractivity contribution in [2.75, 3.05) is 0 Å². The zero-order chi connectivity index (χ0) is 21.7. The van der Waals surface area contributed by atoms with Crippen molar-refractivity contribution in [1.29, 1.82) is 5.26 Å². The third kappa shape index (κ3) is 3.26. The van der Waals surface area contributed by atoms with Gasteiger partial charge in [-0.3, -0.25) is 0 Å². The van der Waals surface area contributed by atoms with Crippen molar-refractivity contribution in [2.45, 2.75) is 37.8 Å². The second kappa shape index (κ2) is 7.25. The minimum absolute atomic E-state index is 0.325. The first-order chi connectivity index (χ1) is 15.6. The van der Waals surface area contributed by atoms with Crippen LogP contribution in [0.15, 0.2) is 60.8 Å². The number of pyridine rings is 1. The first-order valence-electron chi connectivity index (χ1n) is 11.2. The summed E-state index contributed by atoms with van der Waals surface area (Å²) in [5, 5.41) is 30.5. The Labute approximate surface area is 186 Å². The van der Waals surface area contributed by atoms with Gasteiger partial charge in [0.2, 0.25) is 0 Å². The molecule has 6 heteroatoms. The number of benzene rings is 2. The van der Waals surface area contributed by atoms with Gasteiger partial charge in [-0.15, -0.1) is 5.10 Å². The molecule has 1 N–H and O–H groups in total. The van der Waals surface area contributed by atoms with E-state index in [4.69, 9.17) is 0 Å². The molecule has 2 fully saturated rings. The van der Waals surface area contributed by atoms with Crippen molar-refractivity contribution in [3.8, 4) is 17.2 Å². The van der Waals surface area contributed by atoms with Gasteiger partial charge in [0.25, 0.3) is 0 Å². The standard InChI is InChI=1S/C26H23N5O/c27-14-21-13-23(18-4-2-1-3-5-18)22-11-6-17(12-24(22)28-21)15-31-16-25(29-30-31)26(32,19-7-8-19)20-9-10-20/h1-6,11-13,16,19-20,32H,7-10,15H2. The van der Waals surface area contributed by atoms with Gasteiger partial charge >= 0.3 is 0 Å². The van der Waals surface area contributed by atoms with Crippen molar-refractivity contribution in [1.82, 2.24) is 20.0 Å². The highest BCUT2D eigenvalue weighted by molar-refractivity contribution is 5.95. The smallest absolute Gasteiger partial charge is 0.141 e. The van der Waals surface area contributed by atoms with E-state index in [1.807, 2.05) is 48.7 Å². The van der Waals surface area contributed by atoms with Gasteiger partial charge in [0.15, 0.2) is 0 Å². The summed E-state index contributed by atoms with van der Waals surface area (Å²) >= 11 is 0. The molecule has 4 aromatic rings. The zero-order valence-corrected chi connectivity index (χ0v) is 17.6. The molecule has 2 aliphatic carbocycles. The Kier molecular flexibility index (Phi) is 4.34. The van der Waals surface area contributed by atoms with Crippen molar-refractivity contribution in [2.24, 2.45) is 11.8 Å². The lowest BCUT2D eigenvalue weighted by Gasteiger charge is -2.25. The third-order valence-electron chi connectivity index (χ3n) is 6.77. The molecule has 0 bridgehead atoms. The number of rotatable bonds is 6. The second-order valence-corrected chi connectivity index (χ2v) is 9.06. The molecule has 0 spiro atoms. The molecule has 158 valence electrons. The van der Waals surface area contributed by atoms with E-state index in [2.05, 4.69) is 33.5 Å². The van der Waals surface area contributed by atoms with Crippen LogP contribution in [0.5, 0.6) is 0 Å². The Hall–Kier alpha value is -3.56. The highest BCUT2D eigenvalue weighted by Gasteiger charge is 2.55. The van der Waals surface area contributed by atoms with Crippen molar-refractivity contribution in [3.05, 3.63) is 77.7 Å². The SMILES string of the molecule is N#Cc1cc(-c2ccccc2)c2ccc(Cn3cc(C(O)(C4CC4)C4CC4)nn3)cc2n1. The topological polar surface area (TPSA) is 87.6 Å². The van der Waals surface area contributed by atoms with Crippen LogP contribution in [0, 0.1) is 23.2 Å². The maximum Gasteiger partial charge on any atom is 0.141 e. The number of fused-ring (bicyclic) bond motifs is 1. The minimum Gasteiger partial charge on any atom is -0.383 e. The summed E-state index contributed by atoms with van der Waals surface area (Å²) in [5.74, 6) is 0.650. The van der Waals surface area contributed by atoms with Gasteiger partial charge in [0, 0.05) is 5.39 Å². The fourth-order valence-corrected chi connectivity index (χ4v) is 4.83. The maximum absolute atomic E-state index is 11.3. The lowest BCUT2D eigenvalue weighted by Crippen LogP contribution is -2.31. The Morgan fingerprint density at radius 2 is 1.78 bits per heavy atom. The molecule has 0 amide bonds. The van der Waals surface area contributed by atoms with Crippen molar-refractivity contribution >= 4 is 10.9 Å². The summed E-state index contributed by atoms with van der Waals surface area (Å²) in [5.41, 5.74) is 4.17. The molecule has 6 rings (SSSR count). The molecule has 0 unspecified atom stereocenters. The first kappa shape index (κ1) is 19.1. The fourth-order valence-electron chi connectivity index (χ4n) is 4.83. The molecule has 2 heterocycles. The molecule has 2 aliphatic rings. The number of hydrogen-bond donors (Lipinski definition) is 1. The molecular weight excluding hydrogens is 398 g/mol. The normalized spacial score (nSPS) is 16.2. The van der Waals surface area contributed by atoms with Crippen LogP contribution in [-0.4, -0.2) is 25.1 Å². The minimum atomic E-state index is -0.810. The molecule has 2 aromatic carbocycles. The Balaban J connectivity index is 1.34. The Morgan fingerprint density at radius 3 is 2.47 bits per heavy atom. The van der Waals surface area contributed by atoms with Crippen LogP contribution in [0.2, 0.25) is 0 Å². The molecule has 0 saturated heterocycles. The molecule has 0 aliphatic heterocycles. The quantitative estimate of drug-likeness (QED) is 0.498. The van der Waals surface area contributed by atoms with Gasteiger partial charge < -0.3 is 5.11 Å². The van der Waals surface area contributed by atoms with Crippen LogP contribution < -0.4 is 0 Å². The fraction of sp³-hybridized carbons (Fsp3) is 0.308. The van der Waals surface area contributed by atoms with Gasteiger partial charge in [-0.2, -0.15) is 5.26 Å². The average Bonchev–Trinajstić information content (AvgIpc) is 3.76. The van der Waals surface area contributed by atoms with E-state index in [9.17, 15) is 10.4 Å². The van der Waals surface area contributed by atoms with Crippen LogP contribution in [0.25, 0.3) is 22.0 Å². The summed E-state index contributed by atoms with van der Waals surface area (Å²) in [4.78, 5) is 4.54.